The van der Waals surface area contributed by atoms with Crippen molar-refractivity contribution in [2.75, 3.05) is 26.3 Å². The molecule has 156 valence electrons. The van der Waals surface area contributed by atoms with Gasteiger partial charge in [-0.1, -0.05) is 32.0 Å². The second kappa shape index (κ2) is 13.8. The molecule has 1 aliphatic heterocycles. The number of halogens is 3. The first-order chi connectivity index (χ1) is 13.1. The molecule has 28 heavy (non-hydrogen) atoms. The van der Waals surface area contributed by atoms with E-state index in [-0.39, 0.29) is 0 Å². The SMILES string of the molecule is CC(C)CN1CCN(C(C)(C)C)C1.Ic1ccc(I)cc1.Ic1ccccc1. The lowest BCUT2D eigenvalue weighted by Crippen LogP contribution is -2.41. The van der Waals surface area contributed by atoms with Gasteiger partial charge in [0.15, 0.2) is 0 Å². The molecule has 0 bridgehead atoms. The summed E-state index contributed by atoms with van der Waals surface area (Å²) in [6.07, 6.45) is 0. The standard InChI is InChI=1S/C11H24N2.C6H4I2.C6H5I/c1-10(2)8-12-6-7-13(9-12)11(3,4)5;7-5-1-2-6(8)4-3-5;7-6-4-2-1-3-5-6/h10H,6-9H2,1-5H3;1-4H;1-5H. The summed E-state index contributed by atoms with van der Waals surface area (Å²) in [5.74, 6) is 0.792. The highest BCUT2D eigenvalue weighted by atomic mass is 127. The lowest BCUT2D eigenvalue weighted by atomic mass is 10.1. The third-order valence-electron chi connectivity index (χ3n) is 4.17. The Labute approximate surface area is 213 Å². The molecule has 0 N–H and O–H groups in total. The van der Waals surface area contributed by atoms with E-state index in [0.717, 1.165) is 12.6 Å². The molecular weight excluding hydrogens is 685 g/mol. The lowest BCUT2D eigenvalue weighted by molar-refractivity contribution is 0.135. The molecule has 0 spiro atoms. The monoisotopic (exact) mass is 718 g/mol. The number of nitrogens with zero attached hydrogens (tertiary/aromatic N) is 2. The van der Waals surface area contributed by atoms with E-state index in [4.69, 9.17) is 0 Å². The van der Waals surface area contributed by atoms with E-state index >= 15 is 0 Å². The minimum Gasteiger partial charge on any atom is -0.289 e. The summed E-state index contributed by atoms with van der Waals surface area (Å²) in [5, 5.41) is 0. The van der Waals surface area contributed by atoms with Crippen molar-refractivity contribution < 1.29 is 0 Å². The van der Waals surface area contributed by atoms with Gasteiger partial charge in [-0.2, -0.15) is 0 Å². The van der Waals surface area contributed by atoms with Crippen LogP contribution in [0.25, 0.3) is 0 Å². The molecule has 1 fully saturated rings. The zero-order valence-electron chi connectivity index (χ0n) is 17.6. The van der Waals surface area contributed by atoms with Gasteiger partial charge in [-0.05, 0) is 131 Å². The molecule has 2 aromatic carbocycles. The van der Waals surface area contributed by atoms with Gasteiger partial charge in [-0.15, -0.1) is 0 Å². The average Bonchev–Trinajstić information content (AvgIpc) is 3.07. The largest absolute Gasteiger partial charge is 0.289 e. The topological polar surface area (TPSA) is 6.48 Å². The fourth-order valence-electron chi connectivity index (χ4n) is 2.70. The van der Waals surface area contributed by atoms with Crippen molar-refractivity contribution in [1.82, 2.24) is 9.80 Å². The number of rotatable bonds is 2. The maximum Gasteiger partial charge on any atom is 0.0512 e. The van der Waals surface area contributed by atoms with Gasteiger partial charge in [0.1, 0.15) is 0 Å². The molecule has 5 heteroatoms. The van der Waals surface area contributed by atoms with Crippen molar-refractivity contribution in [2.45, 2.75) is 40.2 Å². The zero-order valence-corrected chi connectivity index (χ0v) is 24.1. The quantitative estimate of drug-likeness (QED) is 0.304. The summed E-state index contributed by atoms with van der Waals surface area (Å²) in [6, 6.07) is 18.6. The van der Waals surface area contributed by atoms with Crippen molar-refractivity contribution in [3.05, 3.63) is 65.3 Å². The molecule has 2 aromatic rings. The Balaban J connectivity index is 0.000000224. The fourth-order valence-corrected chi connectivity index (χ4v) is 3.84. The fraction of sp³-hybridized carbons (Fsp3) is 0.478. The minimum atomic E-state index is 0.339. The zero-order chi connectivity index (χ0) is 21.2. The summed E-state index contributed by atoms with van der Waals surface area (Å²) in [6.45, 7) is 16.4. The molecule has 0 aliphatic carbocycles. The Morgan fingerprint density at radius 2 is 1.25 bits per heavy atom. The molecular formula is C23H33I3N2. The Bertz CT molecular complexity index is 631. The average molecular weight is 718 g/mol. The number of hydrogen-bond donors (Lipinski definition) is 0. The summed E-state index contributed by atoms with van der Waals surface area (Å²) in [4.78, 5) is 5.10. The lowest BCUT2D eigenvalue weighted by Gasteiger charge is -2.31. The third-order valence-corrected chi connectivity index (χ3v) is 6.32. The van der Waals surface area contributed by atoms with Crippen molar-refractivity contribution in [2.24, 2.45) is 5.92 Å². The Hall–Kier alpha value is 0.550. The van der Waals surface area contributed by atoms with Gasteiger partial charge in [-0.25, -0.2) is 0 Å². The normalized spacial score (nSPS) is 14.9. The van der Waals surface area contributed by atoms with Crippen LogP contribution in [0.2, 0.25) is 0 Å². The van der Waals surface area contributed by atoms with Crippen LogP contribution in [-0.2, 0) is 0 Å². The molecule has 0 unspecified atom stereocenters. The Kier molecular flexibility index (Phi) is 13.1. The third kappa shape index (κ3) is 12.3. The molecule has 3 rings (SSSR count). The van der Waals surface area contributed by atoms with Crippen LogP contribution in [0.15, 0.2) is 54.6 Å². The second-order valence-electron chi connectivity index (χ2n) is 8.28. The van der Waals surface area contributed by atoms with E-state index < -0.39 is 0 Å². The maximum atomic E-state index is 2.55. The number of benzene rings is 2. The molecule has 0 aromatic heterocycles. The van der Waals surface area contributed by atoms with Gasteiger partial charge < -0.3 is 0 Å². The van der Waals surface area contributed by atoms with E-state index in [1.807, 2.05) is 18.2 Å². The van der Waals surface area contributed by atoms with Gasteiger partial charge in [0.2, 0.25) is 0 Å². The summed E-state index contributed by atoms with van der Waals surface area (Å²) < 4.78 is 3.88. The van der Waals surface area contributed by atoms with Gasteiger partial charge >= 0.3 is 0 Å². The Morgan fingerprint density at radius 1 is 0.786 bits per heavy atom. The van der Waals surface area contributed by atoms with Crippen LogP contribution in [0.5, 0.6) is 0 Å². The Morgan fingerprint density at radius 3 is 1.57 bits per heavy atom. The van der Waals surface area contributed by atoms with Crippen LogP contribution < -0.4 is 0 Å². The van der Waals surface area contributed by atoms with E-state index in [0.29, 0.717) is 5.54 Å². The van der Waals surface area contributed by atoms with Crippen LogP contribution in [-0.4, -0.2) is 41.6 Å². The summed E-state index contributed by atoms with van der Waals surface area (Å²) >= 11 is 6.87. The highest BCUT2D eigenvalue weighted by molar-refractivity contribution is 14.1. The molecule has 2 nitrogen and oxygen atoms in total. The van der Waals surface area contributed by atoms with Crippen molar-refractivity contribution in [1.29, 1.82) is 0 Å². The van der Waals surface area contributed by atoms with E-state index in [9.17, 15) is 0 Å². The molecule has 0 atom stereocenters. The van der Waals surface area contributed by atoms with Gasteiger partial charge in [0, 0.05) is 35.9 Å². The summed E-state index contributed by atoms with van der Waals surface area (Å²) in [7, 11) is 0. The van der Waals surface area contributed by atoms with Crippen molar-refractivity contribution in [3.63, 3.8) is 0 Å². The molecule has 0 saturated carbocycles. The van der Waals surface area contributed by atoms with Crippen molar-refractivity contribution in [3.8, 4) is 0 Å². The first-order valence-corrected chi connectivity index (χ1v) is 12.9. The molecule has 1 heterocycles. The van der Waals surface area contributed by atoms with E-state index in [2.05, 4.69) is 149 Å². The predicted octanol–water partition coefficient (Wildman–Crippen LogP) is 7.20. The second-order valence-corrected chi connectivity index (χ2v) is 12.0. The maximum absolute atomic E-state index is 2.55. The molecule has 0 radical (unpaired) electrons. The van der Waals surface area contributed by atoms with Crippen LogP contribution in [0.4, 0.5) is 0 Å². The molecule has 1 saturated heterocycles. The first-order valence-electron chi connectivity index (χ1n) is 9.67. The summed E-state index contributed by atoms with van der Waals surface area (Å²) in [5.41, 5.74) is 0.339. The van der Waals surface area contributed by atoms with Gasteiger partial charge in [-0.3, -0.25) is 9.80 Å². The van der Waals surface area contributed by atoms with E-state index in [1.165, 1.54) is 30.3 Å². The molecule has 0 amide bonds. The minimum absolute atomic E-state index is 0.339. The first kappa shape index (κ1) is 26.6. The van der Waals surface area contributed by atoms with Gasteiger partial charge in [0.05, 0.1) is 6.67 Å². The highest BCUT2D eigenvalue weighted by Crippen LogP contribution is 2.18. The highest BCUT2D eigenvalue weighted by Gasteiger charge is 2.28. The smallest absolute Gasteiger partial charge is 0.0512 e. The molecule has 1 aliphatic rings. The van der Waals surface area contributed by atoms with Crippen LogP contribution in [0.1, 0.15) is 34.6 Å². The van der Waals surface area contributed by atoms with Crippen LogP contribution in [0, 0.1) is 16.6 Å². The van der Waals surface area contributed by atoms with Crippen molar-refractivity contribution >= 4 is 67.8 Å². The van der Waals surface area contributed by atoms with E-state index in [1.54, 1.807) is 0 Å². The van der Waals surface area contributed by atoms with Crippen LogP contribution >= 0.6 is 67.8 Å². The van der Waals surface area contributed by atoms with Crippen LogP contribution in [0.3, 0.4) is 0 Å². The number of hydrogen-bond acceptors (Lipinski definition) is 2. The predicted molar refractivity (Wildman–Crippen MR) is 149 cm³/mol. The van der Waals surface area contributed by atoms with Gasteiger partial charge in [0.25, 0.3) is 0 Å².